The lowest BCUT2D eigenvalue weighted by Crippen LogP contribution is -2.46. The Morgan fingerprint density at radius 3 is 2.80 bits per heavy atom. The molecule has 2 aromatic heterocycles. The number of anilines is 1. The Bertz CT molecular complexity index is 996. The molecule has 1 N–H and O–H groups in total. The highest BCUT2D eigenvalue weighted by Gasteiger charge is 2.32. The molecule has 4 rings (SSSR count). The summed E-state index contributed by atoms with van der Waals surface area (Å²) in [5.74, 6) is 0.444. The summed E-state index contributed by atoms with van der Waals surface area (Å²) in [5, 5.41) is 11.0. The van der Waals surface area contributed by atoms with Crippen molar-refractivity contribution in [2.24, 2.45) is 5.92 Å². The zero-order valence-electron chi connectivity index (χ0n) is 16.2. The second-order valence-electron chi connectivity index (χ2n) is 7.25. The largest absolute Gasteiger partial charge is 0.445 e. The highest BCUT2D eigenvalue weighted by molar-refractivity contribution is 5.67. The number of fused-ring (bicyclic) bond motifs is 1. The number of ether oxygens (including phenoxy) is 1. The van der Waals surface area contributed by atoms with E-state index in [4.69, 9.17) is 4.74 Å². The SMILES string of the molecule is O=C(OCc1ccc(CF)cc1)N1CC[C@H](CNc2cncc3nncn23)[C@H](F)C1. The molecule has 1 aromatic carbocycles. The molecule has 0 aliphatic carbocycles. The molecule has 0 spiro atoms. The molecular formula is C20H22F2N6O2. The molecule has 3 heterocycles. The number of carbonyl (C=O) groups excluding carboxylic acids is 1. The van der Waals surface area contributed by atoms with Crippen LogP contribution in [0, 0.1) is 5.92 Å². The fraction of sp³-hybridized carbons (Fsp3) is 0.400. The van der Waals surface area contributed by atoms with E-state index in [1.807, 2.05) is 0 Å². The number of nitrogens with one attached hydrogen (secondary N) is 1. The molecule has 1 saturated heterocycles. The molecule has 0 bridgehead atoms. The predicted molar refractivity (Wildman–Crippen MR) is 105 cm³/mol. The van der Waals surface area contributed by atoms with Crippen LogP contribution in [0.25, 0.3) is 5.65 Å². The van der Waals surface area contributed by atoms with Gasteiger partial charge in [0.05, 0.1) is 18.9 Å². The minimum atomic E-state index is -1.17. The zero-order valence-corrected chi connectivity index (χ0v) is 16.2. The summed E-state index contributed by atoms with van der Waals surface area (Å²) < 4.78 is 34.3. The summed E-state index contributed by atoms with van der Waals surface area (Å²) in [7, 11) is 0. The number of likely N-dealkylation sites (tertiary alicyclic amines) is 1. The van der Waals surface area contributed by atoms with Gasteiger partial charge in [0.15, 0.2) is 5.65 Å². The number of piperidine rings is 1. The van der Waals surface area contributed by atoms with E-state index in [1.165, 1.54) is 4.90 Å². The van der Waals surface area contributed by atoms with Crippen molar-refractivity contribution in [3.8, 4) is 0 Å². The van der Waals surface area contributed by atoms with Crippen LogP contribution < -0.4 is 5.32 Å². The lowest BCUT2D eigenvalue weighted by molar-refractivity contribution is 0.0544. The van der Waals surface area contributed by atoms with E-state index < -0.39 is 18.9 Å². The van der Waals surface area contributed by atoms with E-state index >= 15 is 0 Å². The molecule has 0 radical (unpaired) electrons. The molecule has 8 nitrogen and oxygen atoms in total. The Kier molecular flexibility index (Phi) is 6.01. The number of hydrogen-bond acceptors (Lipinski definition) is 6. The zero-order chi connectivity index (χ0) is 20.9. The summed E-state index contributed by atoms with van der Waals surface area (Å²) in [6.45, 7) is 0.346. The van der Waals surface area contributed by atoms with Crippen LogP contribution in [0.5, 0.6) is 0 Å². The van der Waals surface area contributed by atoms with Crippen LogP contribution in [0.15, 0.2) is 43.0 Å². The lowest BCUT2D eigenvalue weighted by atomic mass is 9.95. The first-order chi connectivity index (χ1) is 14.6. The van der Waals surface area contributed by atoms with Gasteiger partial charge in [0.2, 0.25) is 0 Å². The predicted octanol–water partition coefficient (Wildman–Crippen LogP) is 3.00. The van der Waals surface area contributed by atoms with Gasteiger partial charge in [0.25, 0.3) is 0 Å². The fourth-order valence-corrected chi connectivity index (χ4v) is 3.43. The van der Waals surface area contributed by atoms with Crippen molar-refractivity contribution >= 4 is 17.6 Å². The number of halogens is 2. The first-order valence-corrected chi connectivity index (χ1v) is 9.71. The van der Waals surface area contributed by atoms with Crippen LogP contribution in [0.1, 0.15) is 17.5 Å². The second kappa shape index (κ2) is 9.02. The van der Waals surface area contributed by atoms with Crippen molar-refractivity contribution in [2.75, 3.05) is 25.0 Å². The lowest BCUT2D eigenvalue weighted by Gasteiger charge is -2.34. The van der Waals surface area contributed by atoms with Crippen LogP contribution in [-0.2, 0) is 18.0 Å². The molecule has 1 aliphatic heterocycles. The van der Waals surface area contributed by atoms with Gasteiger partial charge in [-0.1, -0.05) is 24.3 Å². The van der Waals surface area contributed by atoms with Crippen molar-refractivity contribution in [3.63, 3.8) is 0 Å². The topological polar surface area (TPSA) is 84.6 Å². The van der Waals surface area contributed by atoms with E-state index in [0.717, 1.165) is 5.56 Å². The van der Waals surface area contributed by atoms with Gasteiger partial charge in [-0.25, -0.2) is 13.6 Å². The molecular weight excluding hydrogens is 394 g/mol. The van der Waals surface area contributed by atoms with Crippen LogP contribution in [0.2, 0.25) is 0 Å². The van der Waals surface area contributed by atoms with Crippen molar-refractivity contribution < 1.29 is 18.3 Å². The molecule has 1 amide bonds. The quantitative estimate of drug-likeness (QED) is 0.665. The molecule has 2 atom stereocenters. The summed E-state index contributed by atoms with van der Waals surface area (Å²) >= 11 is 0. The third-order valence-corrected chi connectivity index (χ3v) is 5.24. The van der Waals surface area contributed by atoms with Crippen molar-refractivity contribution in [2.45, 2.75) is 25.9 Å². The summed E-state index contributed by atoms with van der Waals surface area (Å²) in [6, 6.07) is 6.72. The van der Waals surface area contributed by atoms with Gasteiger partial charge in [0.1, 0.15) is 31.6 Å². The van der Waals surface area contributed by atoms with Crippen LogP contribution in [-0.4, -0.2) is 56.4 Å². The first-order valence-electron chi connectivity index (χ1n) is 9.71. The van der Waals surface area contributed by atoms with Gasteiger partial charge in [-0.3, -0.25) is 9.38 Å². The highest BCUT2D eigenvalue weighted by atomic mass is 19.1. The minimum Gasteiger partial charge on any atom is -0.445 e. The standard InChI is InChI=1S/C20H22F2N6O2/c21-7-14-1-3-15(4-2-14)12-30-20(29)27-6-5-16(17(22)11-27)8-24-18-9-23-10-19-26-25-13-28(18)19/h1-4,9-10,13,16-17,24H,5-8,11-12H2/t16-,17-/m1/s1. The molecule has 10 heteroatoms. The third-order valence-electron chi connectivity index (χ3n) is 5.24. The fourth-order valence-electron chi connectivity index (χ4n) is 3.43. The first kappa shape index (κ1) is 20.0. The van der Waals surface area contributed by atoms with E-state index in [0.29, 0.717) is 36.5 Å². The number of alkyl halides is 2. The van der Waals surface area contributed by atoms with E-state index in [1.54, 1.807) is 47.4 Å². The summed E-state index contributed by atoms with van der Waals surface area (Å²) in [5.41, 5.74) is 1.93. The molecule has 30 heavy (non-hydrogen) atoms. The maximum absolute atomic E-state index is 14.7. The Balaban J connectivity index is 1.26. The Hall–Kier alpha value is -3.30. The monoisotopic (exact) mass is 416 g/mol. The summed E-state index contributed by atoms with van der Waals surface area (Å²) in [6.07, 6.45) is 3.59. The maximum Gasteiger partial charge on any atom is 0.410 e. The number of carbonyl (C=O) groups is 1. The van der Waals surface area contributed by atoms with E-state index in [-0.39, 0.29) is 19.1 Å². The molecule has 1 fully saturated rings. The number of hydrogen-bond donors (Lipinski definition) is 1. The average molecular weight is 416 g/mol. The third kappa shape index (κ3) is 4.47. The number of aromatic nitrogens is 4. The molecule has 1 aliphatic rings. The van der Waals surface area contributed by atoms with Crippen molar-refractivity contribution in [3.05, 3.63) is 54.1 Å². The number of rotatable bonds is 6. The Labute approximate surface area is 171 Å². The van der Waals surface area contributed by atoms with Crippen LogP contribution >= 0.6 is 0 Å². The smallest absolute Gasteiger partial charge is 0.410 e. The normalized spacial score (nSPS) is 19.1. The van der Waals surface area contributed by atoms with E-state index in [2.05, 4.69) is 20.5 Å². The van der Waals surface area contributed by atoms with Gasteiger partial charge in [-0.05, 0) is 17.5 Å². The van der Waals surface area contributed by atoms with Gasteiger partial charge in [-0.2, -0.15) is 0 Å². The van der Waals surface area contributed by atoms with Gasteiger partial charge in [-0.15, -0.1) is 10.2 Å². The highest BCUT2D eigenvalue weighted by Crippen LogP contribution is 2.22. The maximum atomic E-state index is 14.7. The van der Waals surface area contributed by atoms with Crippen LogP contribution in [0.3, 0.4) is 0 Å². The molecule has 0 saturated carbocycles. The molecule has 158 valence electrons. The average Bonchev–Trinajstić information content (AvgIpc) is 3.26. The number of amides is 1. The van der Waals surface area contributed by atoms with E-state index in [9.17, 15) is 13.6 Å². The number of benzene rings is 1. The summed E-state index contributed by atoms with van der Waals surface area (Å²) in [4.78, 5) is 17.8. The second-order valence-corrected chi connectivity index (χ2v) is 7.25. The number of nitrogens with zero attached hydrogens (tertiary/aromatic N) is 5. The van der Waals surface area contributed by atoms with Crippen LogP contribution in [0.4, 0.5) is 19.4 Å². The Morgan fingerprint density at radius 2 is 2.03 bits per heavy atom. The van der Waals surface area contributed by atoms with Gasteiger partial charge >= 0.3 is 6.09 Å². The molecule has 3 aromatic rings. The molecule has 0 unspecified atom stereocenters. The van der Waals surface area contributed by atoms with Gasteiger partial charge < -0.3 is 15.0 Å². The van der Waals surface area contributed by atoms with Crippen molar-refractivity contribution in [1.29, 1.82) is 0 Å². The van der Waals surface area contributed by atoms with Crippen molar-refractivity contribution in [1.82, 2.24) is 24.5 Å². The minimum absolute atomic E-state index is 0.0128. The van der Waals surface area contributed by atoms with Gasteiger partial charge in [0, 0.05) is 19.0 Å². The Morgan fingerprint density at radius 1 is 1.23 bits per heavy atom.